The predicted molar refractivity (Wildman–Crippen MR) is 228 cm³/mol. The number of halogens is 2. The van der Waals surface area contributed by atoms with Crippen LogP contribution in [-0.2, 0) is 22.5 Å². The highest BCUT2D eigenvalue weighted by Crippen LogP contribution is 2.41. The molecule has 0 bridgehead atoms. The van der Waals surface area contributed by atoms with Crippen molar-refractivity contribution in [3.05, 3.63) is 89.9 Å². The fourth-order valence-corrected chi connectivity index (χ4v) is 9.10. The van der Waals surface area contributed by atoms with Gasteiger partial charge in [0.15, 0.2) is 5.82 Å². The Morgan fingerprint density at radius 3 is 2.56 bits per heavy atom. The zero-order chi connectivity index (χ0) is 42.8. The highest BCUT2D eigenvalue weighted by Gasteiger charge is 2.49. The number of nitrogens with zero attached hydrogens (tertiary/aromatic N) is 5. The number of hydrogen-bond acceptors (Lipinski definition) is 10. The summed E-state index contributed by atoms with van der Waals surface area (Å²) in [7, 11) is 0. The number of pyridine rings is 1. The minimum atomic E-state index is -0.926. The fourth-order valence-electron chi connectivity index (χ4n) is 9.10. The molecule has 5 aromatic rings. The summed E-state index contributed by atoms with van der Waals surface area (Å²) in [4.78, 5) is 43.3. The molecule has 61 heavy (non-hydrogen) atoms. The topological polar surface area (TPSA) is 128 Å². The summed E-state index contributed by atoms with van der Waals surface area (Å²) in [6.07, 6.45) is 4.25. The van der Waals surface area contributed by atoms with Gasteiger partial charge in [-0.1, -0.05) is 66.7 Å². The first kappa shape index (κ1) is 42.1. The number of aromatic nitrogens is 3. The van der Waals surface area contributed by atoms with Crippen molar-refractivity contribution in [1.82, 2.24) is 30.1 Å². The molecule has 12 nitrogen and oxygen atoms in total. The van der Waals surface area contributed by atoms with E-state index in [0.29, 0.717) is 56.3 Å². The van der Waals surface area contributed by atoms with Gasteiger partial charge >= 0.3 is 18.2 Å². The van der Waals surface area contributed by atoms with Gasteiger partial charge in [0, 0.05) is 37.8 Å². The number of carbonyl (C=O) groups excluding carboxylic acids is 2. The minimum Gasteiger partial charge on any atom is -0.472 e. The van der Waals surface area contributed by atoms with E-state index in [1.165, 1.54) is 6.20 Å². The summed E-state index contributed by atoms with van der Waals surface area (Å²) in [6.45, 7) is 9.96. The standard InChI is InChI=1S/C47H54F2N6O6/c1-45(2,3)61-44(57)54-22-11-20-46(4,29-54)53-43(56)58-24-10-18-33-16-8-15-32-17-9-19-35(37(32)33)39-38(49)40-36(26-50-39)41(59-28-31-13-6-5-7-14-31)52-42(51-40)60-30-47-21-12-23-55(47)27-34(48)25-47/h5-9,13-17,19,26,34H,10-12,18,20-25,27-30H2,1-4H3,(H,53,56)/t34-,46-,47+/m1/s1. The minimum absolute atomic E-state index is 0.00315. The van der Waals surface area contributed by atoms with Crippen LogP contribution in [0.2, 0.25) is 0 Å². The summed E-state index contributed by atoms with van der Waals surface area (Å²) in [5.41, 5.74) is 0.813. The van der Waals surface area contributed by atoms with Gasteiger partial charge < -0.3 is 29.2 Å². The van der Waals surface area contributed by atoms with Gasteiger partial charge in [0.25, 0.3) is 0 Å². The highest BCUT2D eigenvalue weighted by atomic mass is 19.1. The van der Waals surface area contributed by atoms with E-state index in [1.54, 1.807) is 4.90 Å². The van der Waals surface area contributed by atoms with Crippen LogP contribution in [-0.4, -0.2) is 99.2 Å². The number of rotatable bonds is 12. The number of ether oxygens (including phenoxy) is 4. The van der Waals surface area contributed by atoms with Crippen LogP contribution in [0, 0.1) is 5.82 Å². The molecule has 8 rings (SSSR count). The quantitative estimate of drug-likeness (QED) is 0.122. The lowest BCUT2D eigenvalue weighted by atomic mass is 9.91. The van der Waals surface area contributed by atoms with Crippen LogP contribution >= 0.6 is 0 Å². The molecule has 0 aliphatic carbocycles. The molecule has 2 amide bonds. The maximum absolute atomic E-state index is 17.1. The van der Waals surface area contributed by atoms with E-state index in [2.05, 4.69) is 25.2 Å². The first-order valence-corrected chi connectivity index (χ1v) is 21.3. The van der Waals surface area contributed by atoms with Crippen molar-refractivity contribution in [1.29, 1.82) is 0 Å². The average molecular weight is 837 g/mol. The number of piperidine rings is 1. The molecule has 0 unspecified atom stereocenters. The Morgan fingerprint density at radius 1 is 0.967 bits per heavy atom. The number of fused-ring (bicyclic) bond motifs is 3. The van der Waals surface area contributed by atoms with Crippen LogP contribution in [0.5, 0.6) is 11.9 Å². The molecular weight excluding hydrogens is 783 g/mol. The summed E-state index contributed by atoms with van der Waals surface area (Å²) < 4.78 is 55.3. The molecule has 2 aromatic heterocycles. The molecule has 14 heteroatoms. The molecule has 0 saturated carbocycles. The van der Waals surface area contributed by atoms with Crippen LogP contribution in [0.25, 0.3) is 32.9 Å². The van der Waals surface area contributed by atoms with Crippen molar-refractivity contribution in [3.63, 3.8) is 0 Å². The van der Waals surface area contributed by atoms with Crippen molar-refractivity contribution in [2.75, 3.05) is 39.4 Å². The highest BCUT2D eigenvalue weighted by molar-refractivity contribution is 6.00. The summed E-state index contributed by atoms with van der Waals surface area (Å²) in [5, 5.41) is 4.99. The Balaban J connectivity index is 1.01. The maximum atomic E-state index is 17.1. The van der Waals surface area contributed by atoms with Gasteiger partial charge in [0.05, 0.1) is 23.1 Å². The lowest BCUT2D eigenvalue weighted by Gasteiger charge is -2.40. The maximum Gasteiger partial charge on any atom is 0.410 e. The third kappa shape index (κ3) is 9.49. The number of benzene rings is 3. The van der Waals surface area contributed by atoms with Gasteiger partial charge in [-0.05, 0) is 94.7 Å². The number of aryl methyl sites for hydroxylation is 1. The Hall–Kier alpha value is -5.63. The molecule has 322 valence electrons. The predicted octanol–water partition coefficient (Wildman–Crippen LogP) is 8.97. The zero-order valence-corrected chi connectivity index (χ0v) is 35.3. The average Bonchev–Trinajstić information content (AvgIpc) is 3.76. The van der Waals surface area contributed by atoms with E-state index in [4.69, 9.17) is 18.9 Å². The van der Waals surface area contributed by atoms with Gasteiger partial charge in [-0.25, -0.2) is 18.4 Å². The van der Waals surface area contributed by atoms with Gasteiger partial charge in [-0.2, -0.15) is 9.97 Å². The van der Waals surface area contributed by atoms with Crippen molar-refractivity contribution in [2.45, 2.75) is 102 Å². The largest absolute Gasteiger partial charge is 0.472 e. The fraction of sp³-hybridized carbons (Fsp3) is 0.468. The van der Waals surface area contributed by atoms with Crippen LogP contribution in [0.1, 0.15) is 77.3 Å². The molecule has 3 saturated heterocycles. The van der Waals surface area contributed by atoms with Crippen LogP contribution < -0.4 is 14.8 Å². The Morgan fingerprint density at radius 2 is 1.75 bits per heavy atom. The van der Waals surface area contributed by atoms with Crippen LogP contribution in [0.15, 0.2) is 72.9 Å². The van der Waals surface area contributed by atoms with E-state index in [-0.39, 0.29) is 42.9 Å². The monoisotopic (exact) mass is 836 g/mol. The van der Waals surface area contributed by atoms with Crippen molar-refractivity contribution < 1.29 is 37.3 Å². The van der Waals surface area contributed by atoms with Gasteiger partial charge in [0.1, 0.15) is 36.2 Å². The van der Waals surface area contributed by atoms with E-state index in [0.717, 1.165) is 47.7 Å². The Kier molecular flexibility index (Phi) is 12.0. The second-order valence-electron chi connectivity index (χ2n) is 17.9. The molecule has 1 N–H and O–H groups in total. The number of nitrogens with one attached hydrogen (secondary N) is 1. The first-order chi connectivity index (χ1) is 29.3. The summed E-state index contributed by atoms with van der Waals surface area (Å²) in [5.74, 6) is -0.513. The van der Waals surface area contributed by atoms with E-state index >= 15 is 4.39 Å². The normalized spacial score (nSPS) is 21.7. The molecule has 3 aliphatic heterocycles. The second-order valence-corrected chi connectivity index (χ2v) is 17.9. The third-order valence-corrected chi connectivity index (χ3v) is 11.9. The Labute approximate surface area is 354 Å². The molecule has 0 spiro atoms. The van der Waals surface area contributed by atoms with E-state index in [9.17, 15) is 14.0 Å². The van der Waals surface area contributed by atoms with Crippen molar-refractivity contribution >= 4 is 33.9 Å². The number of alkyl halides is 1. The van der Waals surface area contributed by atoms with Crippen LogP contribution in [0.4, 0.5) is 18.4 Å². The summed E-state index contributed by atoms with van der Waals surface area (Å²) in [6, 6.07) is 21.1. The number of alkyl carbamates (subject to hydrolysis) is 1. The van der Waals surface area contributed by atoms with Crippen LogP contribution in [0.3, 0.4) is 0 Å². The molecule has 3 fully saturated rings. The van der Waals surface area contributed by atoms with Gasteiger partial charge in [-0.3, -0.25) is 9.88 Å². The first-order valence-electron chi connectivity index (χ1n) is 21.3. The summed E-state index contributed by atoms with van der Waals surface area (Å²) >= 11 is 0. The molecule has 3 aromatic carbocycles. The van der Waals surface area contributed by atoms with E-state index in [1.807, 2.05) is 94.4 Å². The lowest BCUT2D eigenvalue weighted by molar-refractivity contribution is 0.0119. The number of amides is 2. The number of hydrogen-bond donors (Lipinski definition) is 1. The molecule has 5 heterocycles. The third-order valence-electron chi connectivity index (χ3n) is 11.9. The smallest absolute Gasteiger partial charge is 0.410 e. The van der Waals surface area contributed by atoms with Gasteiger partial charge in [0.2, 0.25) is 5.88 Å². The second kappa shape index (κ2) is 17.4. The van der Waals surface area contributed by atoms with E-state index < -0.39 is 40.9 Å². The Bertz CT molecular complexity index is 2390. The lowest BCUT2D eigenvalue weighted by Crippen LogP contribution is -2.58. The molecular formula is C47H54F2N6O6. The molecule has 3 atom stereocenters. The molecule has 0 radical (unpaired) electrons. The molecule has 3 aliphatic rings. The van der Waals surface area contributed by atoms with Crippen molar-refractivity contribution in [3.8, 4) is 23.1 Å². The number of likely N-dealkylation sites (tertiary alicyclic amines) is 1. The number of carbonyl (C=O) groups is 2. The zero-order valence-electron chi connectivity index (χ0n) is 35.3. The van der Waals surface area contributed by atoms with Crippen molar-refractivity contribution in [2.24, 2.45) is 0 Å². The SMILES string of the molecule is CC(C)(C)OC(=O)N1CCC[C@@](C)(NC(=O)OCCCc2cccc3cccc(-c4ncc5c(OCc6ccccc6)nc(OC[C@@]67CCCN6C[C@H](F)C7)nc5c4F)c23)C1. The van der Waals surface area contributed by atoms with Gasteiger partial charge in [-0.15, -0.1) is 0 Å².